The Morgan fingerprint density at radius 2 is 1.89 bits per heavy atom. The van der Waals surface area contributed by atoms with Crippen molar-refractivity contribution >= 4 is 11.8 Å². The second-order valence-electron chi connectivity index (χ2n) is 4.31. The molecule has 0 bridgehead atoms. The van der Waals surface area contributed by atoms with E-state index >= 15 is 0 Å². The van der Waals surface area contributed by atoms with Crippen LogP contribution in [0.4, 0.5) is 0 Å². The lowest BCUT2D eigenvalue weighted by molar-refractivity contribution is -0.131. The summed E-state index contributed by atoms with van der Waals surface area (Å²) in [5, 5.41) is 2.50. The van der Waals surface area contributed by atoms with Crippen LogP contribution in [-0.4, -0.2) is 36.9 Å². The predicted octanol–water partition coefficient (Wildman–Crippen LogP) is 1.21. The van der Waals surface area contributed by atoms with Crippen molar-refractivity contribution in [1.82, 2.24) is 10.2 Å². The Morgan fingerprint density at radius 1 is 1.22 bits per heavy atom. The van der Waals surface area contributed by atoms with E-state index in [0.717, 1.165) is 12.8 Å². The fourth-order valence-electron chi connectivity index (χ4n) is 1.62. The number of nitrogens with one attached hydrogen (secondary N) is 1. The van der Waals surface area contributed by atoms with Crippen molar-refractivity contribution in [2.75, 3.05) is 20.1 Å². The van der Waals surface area contributed by atoms with E-state index in [0.29, 0.717) is 6.54 Å². The van der Waals surface area contributed by atoms with E-state index in [4.69, 9.17) is 0 Å². The van der Waals surface area contributed by atoms with E-state index in [1.165, 1.54) is 12.5 Å². The fraction of sp³-hybridized carbons (Fsp3) is 0.429. The zero-order valence-electron chi connectivity index (χ0n) is 11.0. The molecule has 1 aromatic carbocycles. The third kappa shape index (κ3) is 5.48. The minimum Gasteiger partial charge on any atom is -0.347 e. The van der Waals surface area contributed by atoms with E-state index in [1.807, 2.05) is 18.2 Å². The number of amides is 2. The zero-order valence-corrected chi connectivity index (χ0v) is 11.0. The average Bonchev–Trinajstić information content (AvgIpc) is 2.37. The van der Waals surface area contributed by atoms with Crippen molar-refractivity contribution in [2.24, 2.45) is 0 Å². The largest absolute Gasteiger partial charge is 0.347 e. The number of carbonyl (C=O) groups is 2. The summed E-state index contributed by atoms with van der Waals surface area (Å²) in [5.74, 6) is -0.237. The second-order valence-corrected chi connectivity index (χ2v) is 4.31. The molecule has 0 saturated heterocycles. The first kappa shape index (κ1) is 14.2. The summed E-state index contributed by atoms with van der Waals surface area (Å²) in [5.41, 5.74) is 1.28. The predicted molar refractivity (Wildman–Crippen MR) is 71.1 cm³/mol. The van der Waals surface area contributed by atoms with E-state index < -0.39 is 0 Å². The summed E-state index contributed by atoms with van der Waals surface area (Å²) in [6.45, 7) is 2.19. The molecule has 18 heavy (non-hydrogen) atoms. The van der Waals surface area contributed by atoms with Gasteiger partial charge in [-0.05, 0) is 18.4 Å². The number of rotatable bonds is 6. The molecule has 4 nitrogen and oxygen atoms in total. The second kappa shape index (κ2) is 7.48. The van der Waals surface area contributed by atoms with Crippen LogP contribution >= 0.6 is 0 Å². The number of hydrogen-bond acceptors (Lipinski definition) is 2. The molecular formula is C14H20N2O2. The van der Waals surface area contributed by atoms with E-state index in [-0.39, 0.29) is 18.4 Å². The van der Waals surface area contributed by atoms with Crippen molar-refractivity contribution in [3.05, 3.63) is 35.9 Å². The maximum Gasteiger partial charge on any atom is 0.241 e. The average molecular weight is 248 g/mol. The van der Waals surface area contributed by atoms with Gasteiger partial charge in [-0.1, -0.05) is 30.3 Å². The molecule has 0 spiro atoms. The van der Waals surface area contributed by atoms with Crippen LogP contribution in [0, 0.1) is 0 Å². The minimum absolute atomic E-state index is 0.0572. The molecule has 0 atom stereocenters. The molecule has 0 aromatic heterocycles. The monoisotopic (exact) mass is 248 g/mol. The van der Waals surface area contributed by atoms with Crippen molar-refractivity contribution in [3.63, 3.8) is 0 Å². The molecule has 0 unspecified atom stereocenters. The number of aryl methyl sites for hydroxylation is 1. The van der Waals surface area contributed by atoms with Crippen molar-refractivity contribution in [2.45, 2.75) is 19.8 Å². The smallest absolute Gasteiger partial charge is 0.241 e. The van der Waals surface area contributed by atoms with Crippen LogP contribution < -0.4 is 5.32 Å². The molecule has 0 aliphatic carbocycles. The van der Waals surface area contributed by atoms with Gasteiger partial charge in [-0.15, -0.1) is 0 Å². The normalized spacial score (nSPS) is 9.89. The highest BCUT2D eigenvalue weighted by atomic mass is 16.2. The van der Waals surface area contributed by atoms with Gasteiger partial charge in [-0.2, -0.15) is 0 Å². The standard InChI is InChI=1S/C14H20N2O2/c1-12(17)15-11-14(18)16(2)10-6-9-13-7-4-3-5-8-13/h3-5,7-8H,6,9-11H2,1-2H3,(H,15,17). The van der Waals surface area contributed by atoms with Crippen LogP contribution in [0.5, 0.6) is 0 Å². The van der Waals surface area contributed by atoms with Gasteiger partial charge in [0.2, 0.25) is 11.8 Å². The molecular weight excluding hydrogens is 228 g/mol. The maximum absolute atomic E-state index is 11.6. The molecule has 1 rings (SSSR count). The molecule has 1 aromatic rings. The molecule has 1 N–H and O–H groups in total. The summed E-state index contributed by atoms with van der Waals surface area (Å²) in [7, 11) is 1.76. The molecule has 0 aliphatic rings. The number of nitrogens with zero attached hydrogens (tertiary/aromatic N) is 1. The molecule has 0 heterocycles. The maximum atomic E-state index is 11.6. The highest BCUT2D eigenvalue weighted by Crippen LogP contribution is 2.02. The van der Waals surface area contributed by atoms with Crippen LogP contribution in [0.1, 0.15) is 18.9 Å². The number of hydrogen-bond donors (Lipinski definition) is 1. The van der Waals surface area contributed by atoms with E-state index in [2.05, 4.69) is 17.4 Å². The lowest BCUT2D eigenvalue weighted by Gasteiger charge is -2.17. The van der Waals surface area contributed by atoms with Crippen LogP contribution in [0.15, 0.2) is 30.3 Å². The molecule has 0 aliphatic heterocycles. The molecule has 0 fully saturated rings. The molecule has 0 radical (unpaired) electrons. The quantitative estimate of drug-likeness (QED) is 0.822. The first-order valence-electron chi connectivity index (χ1n) is 6.12. The Kier molecular flexibility index (Phi) is 5.91. The van der Waals surface area contributed by atoms with Gasteiger partial charge in [0.1, 0.15) is 0 Å². The Hall–Kier alpha value is -1.84. The fourth-order valence-corrected chi connectivity index (χ4v) is 1.62. The van der Waals surface area contributed by atoms with Gasteiger partial charge >= 0.3 is 0 Å². The topological polar surface area (TPSA) is 49.4 Å². The van der Waals surface area contributed by atoms with Crippen LogP contribution in [0.3, 0.4) is 0 Å². The van der Waals surface area contributed by atoms with Gasteiger partial charge in [0.15, 0.2) is 0 Å². The Balaban J connectivity index is 2.22. The lowest BCUT2D eigenvalue weighted by atomic mass is 10.1. The highest BCUT2D eigenvalue weighted by molar-refractivity contribution is 5.83. The van der Waals surface area contributed by atoms with Gasteiger partial charge in [0, 0.05) is 20.5 Å². The zero-order chi connectivity index (χ0) is 13.4. The third-order valence-electron chi connectivity index (χ3n) is 2.72. The van der Waals surface area contributed by atoms with Gasteiger partial charge in [0.05, 0.1) is 6.54 Å². The molecule has 4 heteroatoms. The van der Waals surface area contributed by atoms with Crippen LogP contribution in [0.25, 0.3) is 0 Å². The van der Waals surface area contributed by atoms with Gasteiger partial charge in [0.25, 0.3) is 0 Å². The van der Waals surface area contributed by atoms with Crippen molar-refractivity contribution in [3.8, 4) is 0 Å². The van der Waals surface area contributed by atoms with Crippen LogP contribution in [-0.2, 0) is 16.0 Å². The summed E-state index contributed by atoms with van der Waals surface area (Å²) < 4.78 is 0. The first-order chi connectivity index (χ1) is 8.59. The summed E-state index contributed by atoms with van der Waals surface area (Å²) >= 11 is 0. The van der Waals surface area contributed by atoms with Crippen molar-refractivity contribution in [1.29, 1.82) is 0 Å². The number of benzene rings is 1. The lowest BCUT2D eigenvalue weighted by Crippen LogP contribution is -2.37. The Morgan fingerprint density at radius 3 is 2.50 bits per heavy atom. The molecule has 98 valence electrons. The van der Waals surface area contributed by atoms with E-state index in [9.17, 15) is 9.59 Å². The minimum atomic E-state index is -0.180. The Labute approximate surface area is 108 Å². The third-order valence-corrected chi connectivity index (χ3v) is 2.72. The summed E-state index contributed by atoms with van der Waals surface area (Å²) in [6, 6.07) is 10.2. The first-order valence-corrected chi connectivity index (χ1v) is 6.12. The van der Waals surface area contributed by atoms with Gasteiger partial charge < -0.3 is 10.2 Å². The Bertz CT molecular complexity index is 390. The molecule has 0 saturated carbocycles. The summed E-state index contributed by atoms with van der Waals surface area (Å²) in [6.07, 6.45) is 1.88. The van der Waals surface area contributed by atoms with Gasteiger partial charge in [-0.25, -0.2) is 0 Å². The highest BCUT2D eigenvalue weighted by Gasteiger charge is 2.08. The summed E-state index contributed by atoms with van der Waals surface area (Å²) in [4.78, 5) is 23.9. The van der Waals surface area contributed by atoms with Gasteiger partial charge in [-0.3, -0.25) is 9.59 Å². The van der Waals surface area contributed by atoms with Crippen molar-refractivity contribution < 1.29 is 9.59 Å². The molecule has 2 amide bonds. The number of likely N-dealkylation sites (N-methyl/N-ethyl adjacent to an activating group) is 1. The SMILES string of the molecule is CC(=O)NCC(=O)N(C)CCCc1ccccc1. The van der Waals surface area contributed by atoms with E-state index in [1.54, 1.807) is 11.9 Å². The number of carbonyl (C=O) groups excluding carboxylic acids is 2. The van der Waals surface area contributed by atoms with Crippen LogP contribution in [0.2, 0.25) is 0 Å².